The average molecular weight is 562 g/mol. The van der Waals surface area contributed by atoms with Crippen molar-refractivity contribution >= 4 is 33.9 Å². The molecule has 4 aromatic rings. The fourth-order valence-corrected chi connectivity index (χ4v) is 5.59. The SMILES string of the molecule is CCC1CCn2c(c(-c3ccnc(Nc4cc([N+](=O)[O-])c(N(C)CCN(C)C)cc4OC)n3)c3cc(F)ccc32)C1. The standard InChI is InChI=1S/C30H36FN7O3/c1-6-19-10-12-37-24-8-7-20(31)16-21(24)29(27(37)15-19)22-9-11-32-30(33-22)34-23-17-26(38(39)40)25(18-28(23)41-5)36(4)14-13-35(2)3/h7-9,11,16-19H,6,10,12-15H2,1-5H3,(H,32,33,34). The lowest BCUT2D eigenvalue weighted by Crippen LogP contribution is -2.28. The van der Waals surface area contributed by atoms with E-state index in [9.17, 15) is 14.5 Å². The van der Waals surface area contributed by atoms with Gasteiger partial charge in [0.1, 0.15) is 17.3 Å². The van der Waals surface area contributed by atoms with Gasteiger partial charge in [0.25, 0.3) is 5.69 Å². The molecule has 1 atom stereocenters. The number of nitrogens with one attached hydrogen (secondary N) is 1. The van der Waals surface area contributed by atoms with Crippen LogP contribution in [0.3, 0.4) is 0 Å². The van der Waals surface area contributed by atoms with Gasteiger partial charge in [0.2, 0.25) is 5.95 Å². The molecule has 1 aliphatic rings. The molecule has 0 saturated carbocycles. The number of methoxy groups -OCH3 is 1. The van der Waals surface area contributed by atoms with Crippen molar-refractivity contribution in [2.45, 2.75) is 32.7 Å². The number of likely N-dealkylation sites (N-methyl/N-ethyl adjacent to an activating group) is 2. The Morgan fingerprint density at radius 1 is 1.20 bits per heavy atom. The van der Waals surface area contributed by atoms with Crippen LogP contribution in [0.1, 0.15) is 25.5 Å². The summed E-state index contributed by atoms with van der Waals surface area (Å²) in [6, 6.07) is 9.84. The highest BCUT2D eigenvalue weighted by molar-refractivity contribution is 5.97. The third kappa shape index (κ3) is 5.67. The Bertz CT molecular complexity index is 1590. The number of fused-ring (bicyclic) bond motifs is 3. The second kappa shape index (κ2) is 11.7. The quantitative estimate of drug-likeness (QED) is 0.190. The molecule has 216 valence electrons. The number of ether oxygens (including phenoxy) is 1. The summed E-state index contributed by atoms with van der Waals surface area (Å²) in [7, 11) is 7.25. The number of nitro groups is 1. The first-order valence-corrected chi connectivity index (χ1v) is 13.8. The molecular formula is C30H36FN7O3. The van der Waals surface area contributed by atoms with Gasteiger partial charge in [-0.25, -0.2) is 14.4 Å². The molecule has 0 amide bonds. The van der Waals surface area contributed by atoms with Crippen LogP contribution in [0, 0.1) is 21.8 Å². The number of nitro benzene ring substituents is 1. The molecular weight excluding hydrogens is 525 g/mol. The minimum atomic E-state index is -0.401. The lowest BCUT2D eigenvalue weighted by molar-refractivity contribution is -0.384. The maximum atomic E-state index is 14.4. The maximum Gasteiger partial charge on any atom is 0.294 e. The zero-order chi connectivity index (χ0) is 29.3. The largest absolute Gasteiger partial charge is 0.494 e. The van der Waals surface area contributed by atoms with Gasteiger partial charge < -0.3 is 24.4 Å². The summed E-state index contributed by atoms with van der Waals surface area (Å²) in [5.74, 6) is 0.940. The molecule has 41 heavy (non-hydrogen) atoms. The van der Waals surface area contributed by atoms with E-state index in [1.807, 2.05) is 43.1 Å². The molecule has 1 N–H and O–H groups in total. The highest BCUT2D eigenvalue weighted by Crippen LogP contribution is 2.41. The van der Waals surface area contributed by atoms with Gasteiger partial charge >= 0.3 is 0 Å². The third-order valence-electron chi connectivity index (χ3n) is 7.90. The molecule has 10 nitrogen and oxygen atoms in total. The Hall–Kier alpha value is -4.25. The van der Waals surface area contributed by atoms with E-state index in [-0.39, 0.29) is 17.5 Å². The molecule has 0 spiro atoms. The van der Waals surface area contributed by atoms with Crippen LogP contribution in [-0.4, -0.2) is 65.7 Å². The summed E-state index contributed by atoms with van der Waals surface area (Å²) in [4.78, 5) is 24.7. The summed E-state index contributed by atoms with van der Waals surface area (Å²) in [6.07, 6.45) is 4.69. The van der Waals surface area contributed by atoms with Gasteiger partial charge in [0, 0.05) is 67.2 Å². The lowest BCUT2D eigenvalue weighted by atomic mass is 9.91. The monoisotopic (exact) mass is 561 g/mol. The Balaban J connectivity index is 1.55. The first-order valence-electron chi connectivity index (χ1n) is 13.8. The van der Waals surface area contributed by atoms with Crippen LogP contribution >= 0.6 is 0 Å². The van der Waals surface area contributed by atoms with Crippen molar-refractivity contribution < 1.29 is 14.1 Å². The predicted molar refractivity (Wildman–Crippen MR) is 160 cm³/mol. The second-order valence-corrected chi connectivity index (χ2v) is 10.8. The fraction of sp³-hybridized carbons (Fsp3) is 0.400. The molecule has 2 aromatic heterocycles. The number of hydrogen-bond acceptors (Lipinski definition) is 8. The molecule has 0 bridgehead atoms. The van der Waals surface area contributed by atoms with E-state index in [1.165, 1.54) is 19.2 Å². The highest BCUT2D eigenvalue weighted by atomic mass is 19.1. The van der Waals surface area contributed by atoms with Gasteiger partial charge in [-0.15, -0.1) is 0 Å². The van der Waals surface area contributed by atoms with Crippen molar-refractivity contribution in [3.8, 4) is 17.0 Å². The molecule has 3 heterocycles. The number of hydrogen-bond donors (Lipinski definition) is 1. The van der Waals surface area contributed by atoms with Crippen molar-refractivity contribution in [2.24, 2.45) is 5.92 Å². The third-order valence-corrected chi connectivity index (χ3v) is 7.90. The van der Waals surface area contributed by atoms with E-state index >= 15 is 0 Å². The molecule has 0 aliphatic carbocycles. The van der Waals surface area contributed by atoms with Gasteiger partial charge in [-0.3, -0.25) is 10.1 Å². The van der Waals surface area contributed by atoms with Crippen LogP contribution in [0.4, 0.5) is 27.4 Å². The summed E-state index contributed by atoms with van der Waals surface area (Å²) in [5, 5.41) is 16.0. The molecule has 11 heteroatoms. The van der Waals surface area contributed by atoms with Crippen LogP contribution in [0.5, 0.6) is 5.75 Å². The second-order valence-electron chi connectivity index (χ2n) is 10.8. The van der Waals surface area contributed by atoms with Crippen molar-refractivity contribution in [1.29, 1.82) is 0 Å². The van der Waals surface area contributed by atoms with Gasteiger partial charge in [-0.2, -0.15) is 0 Å². The number of halogens is 1. The number of nitrogens with zero attached hydrogens (tertiary/aromatic N) is 6. The summed E-state index contributed by atoms with van der Waals surface area (Å²) < 4.78 is 22.3. The molecule has 5 rings (SSSR count). The van der Waals surface area contributed by atoms with E-state index in [4.69, 9.17) is 9.72 Å². The summed E-state index contributed by atoms with van der Waals surface area (Å²) >= 11 is 0. The molecule has 0 saturated heterocycles. The zero-order valence-electron chi connectivity index (χ0n) is 24.1. The summed E-state index contributed by atoms with van der Waals surface area (Å²) in [5.41, 5.74) is 4.47. The normalized spacial score (nSPS) is 14.8. The maximum absolute atomic E-state index is 14.4. The van der Waals surface area contributed by atoms with E-state index in [0.29, 0.717) is 35.3 Å². The Morgan fingerprint density at radius 3 is 2.71 bits per heavy atom. The van der Waals surface area contributed by atoms with E-state index in [0.717, 1.165) is 54.5 Å². The first-order chi connectivity index (χ1) is 19.7. The number of rotatable bonds is 10. The minimum Gasteiger partial charge on any atom is -0.494 e. The van der Waals surface area contributed by atoms with Crippen LogP contribution in [0.15, 0.2) is 42.6 Å². The Labute approximate surface area is 238 Å². The first kappa shape index (κ1) is 28.3. The minimum absolute atomic E-state index is 0.0562. The summed E-state index contributed by atoms with van der Waals surface area (Å²) in [6.45, 7) is 4.41. The molecule has 1 aliphatic heterocycles. The zero-order valence-corrected chi connectivity index (χ0v) is 24.1. The number of anilines is 3. The predicted octanol–water partition coefficient (Wildman–Crippen LogP) is 5.87. The number of benzene rings is 2. The molecule has 0 radical (unpaired) electrons. The van der Waals surface area contributed by atoms with E-state index in [2.05, 4.69) is 21.8 Å². The van der Waals surface area contributed by atoms with E-state index in [1.54, 1.807) is 18.3 Å². The van der Waals surface area contributed by atoms with Crippen LogP contribution in [0.2, 0.25) is 0 Å². The van der Waals surface area contributed by atoms with Crippen LogP contribution in [-0.2, 0) is 13.0 Å². The van der Waals surface area contributed by atoms with E-state index < -0.39 is 4.92 Å². The van der Waals surface area contributed by atoms with Gasteiger partial charge in [-0.1, -0.05) is 13.3 Å². The van der Waals surface area contributed by atoms with Gasteiger partial charge in [0.05, 0.1) is 23.4 Å². The number of aryl methyl sites for hydroxylation is 1. The van der Waals surface area contributed by atoms with Crippen molar-refractivity contribution in [3.05, 3.63) is 64.2 Å². The van der Waals surface area contributed by atoms with Crippen molar-refractivity contribution in [2.75, 3.05) is 51.6 Å². The molecule has 2 aromatic carbocycles. The van der Waals surface area contributed by atoms with Gasteiger partial charge in [-0.05, 0) is 57.1 Å². The topological polar surface area (TPSA) is 102 Å². The molecule has 1 unspecified atom stereocenters. The van der Waals surface area contributed by atoms with Crippen molar-refractivity contribution in [1.82, 2.24) is 19.4 Å². The van der Waals surface area contributed by atoms with Crippen LogP contribution < -0.4 is 15.0 Å². The Morgan fingerprint density at radius 2 is 2.00 bits per heavy atom. The number of aromatic nitrogens is 3. The lowest BCUT2D eigenvalue weighted by Gasteiger charge is -2.25. The smallest absolute Gasteiger partial charge is 0.294 e. The van der Waals surface area contributed by atoms with Gasteiger partial charge in [0.15, 0.2) is 0 Å². The Kier molecular flexibility index (Phi) is 8.07. The van der Waals surface area contributed by atoms with Crippen molar-refractivity contribution in [3.63, 3.8) is 0 Å². The van der Waals surface area contributed by atoms with Crippen LogP contribution in [0.25, 0.3) is 22.2 Å². The fourth-order valence-electron chi connectivity index (χ4n) is 5.59. The average Bonchev–Trinajstić information content (AvgIpc) is 3.28. The molecule has 0 fully saturated rings. The highest BCUT2D eigenvalue weighted by Gasteiger charge is 2.27.